The molecule has 8 heteroatoms. The quantitative estimate of drug-likeness (QED) is 0.660. The summed E-state index contributed by atoms with van der Waals surface area (Å²) >= 11 is 0. The normalized spacial score (nSPS) is 12.4. The first-order valence-corrected chi connectivity index (χ1v) is 8.93. The van der Waals surface area contributed by atoms with Crippen LogP contribution in [0.3, 0.4) is 0 Å². The Balaban J connectivity index is 2.19. The maximum atomic E-state index is 12.3. The molecule has 0 aliphatic heterocycles. The van der Waals surface area contributed by atoms with Crippen LogP contribution < -0.4 is 5.32 Å². The summed E-state index contributed by atoms with van der Waals surface area (Å²) in [6.45, 7) is 1.71. The molecule has 0 bridgehead atoms. The molecule has 24 heavy (non-hydrogen) atoms. The van der Waals surface area contributed by atoms with Crippen molar-refractivity contribution in [3.8, 4) is 0 Å². The number of nitrogens with zero attached hydrogens (tertiary/aromatic N) is 1. The number of nitro groups is 1. The van der Waals surface area contributed by atoms with Crippen molar-refractivity contribution in [3.05, 3.63) is 69.8 Å². The molecular formula is C16H16N2O5S. The molecule has 2 rings (SSSR count). The molecule has 0 aromatic heterocycles. The van der Waals surface area contributed by atoms with Gasteiger partial charge in [0.15, 0.2) is 9.84 Å². The first-order valence-electron chi connectivity index (χ1n) is 7.04. The van der Waals surface area contributed by atoms with E-state index in [1.807, 2.05) is 0 Å². The van der Waals surface area contributed by atoms with Gasteiger partial charge in [-0.15, -0.1) is 0 Å². The van der Waals surface area contributed by atoms with E-state index >= 15 is 0 Å². The summed E-state index contributed by atoms with van der Waals surface area (Å²) in [7, 11) is -3.29. The van der Waals surface area contributed by atoms with Crippen LogP contribution in [0.2, 0.25) is 0 Å². The van der Waals surface area contributed by atoms with Crippen LogP contribution in [0.4, 0.5) is 5.69 Å². The lowest BCUT2D eigenvalue weighted by atomic mass is 10.1. The van der Waals surface area contributed by atoms with E-state index in [9.17, 15) is 23.3 Å². The number of carbonyl (C=O) groups excluding carboxylic acids is 1. The fraction of sp³-hybridized carbons (Fsp3) is 0.188. The lowest BCUT2D eigenvalue weighted by Gasteiger charge is -2.15. The van der Waals surface area contributed by atoms with E-state index in [0.29, 0.717) is 5.56 Å². The topological polar surface area (TPSA) is 106 Å². The van der Waals surface area contributed by atoms with Crippen molar-refractivity contribution >= 4 is 21.4 Å². The highest BCUT2D eigenvalue weighted by atomic mass is 32.2. The maximum Gasteiger partial charge on any atom is 0.282 e. The van der Waals surface area contributed by atoms with Gasteiger partial charge in [0, 0.05) is 12.3 Å². The molecule has 0 heterocycles. The number of benzene rings is 2. The minimum absolute atomic E-state index is 0.0258. The molecule has 1 atom stereocenters. The van der Waals surface area contributed by atoms with Gasteiger partial charge in [-0.2, -0.15) is 0 Å². The zero-order valence-electron chi connectivity index (χ0n) is 13.1. The Morgan fingerprint density at radius 1 is 1.12 bits per heavy atom. The van der Waals surface area contributed by atoms with Gasteiger partial charge in [-0.05, 0) is 30.7 Å². The molecule has 0 fully saturated rings. The van der Waals surface area contributed by atoms with Crippen LogP contribution in [0, 0.1) is 10.1 Å². The molecule has 1 N–H and O–H groups in total. The van der Waals surface area contributed by atoms with Gasteiger partial charge in [-0.3, -0.25) is 14.9 Å². The van der Waals surface area contributed by atoms with E-state index in [1.165, 1.54) is 30.3 Å². The van der Waals surface area contributed by atoms with Gasteiger partial charge in [-0.25, -0.2) is 8.42 Å². The molecule has 0 saturated carbocycles. The second kappa shape index (κ2) is 6.79. The van der Waals surface area contributed by atoms with Crippen LogP contribution in [0.15, 0.2) is 53.4 Å². The Morgan fingerprint density at radius 2 is 1.71 bits per heavy atom. The molecule has 1 unspecified atom stereocenters. The zero-order valence-corrected chi connectivity index (χ0v) is 13.9. The average molecular weight is 348 g/mol. The largest absolute Gasteiger partial charge is 0.345 e. The van der Waals surface area contributed by atoms with Gasteiger partial charge < -0.3 is 5.32 Å². The van der Waals surface area contributed by atoms with E-state index in [-0.39, 0.29) is 16.1 Å². The van der Waals surface area contributed by atoms with Gasteiger partial charge in [0.25, 0.3) is 11.6 Å². The predicted molar refractivity (Wildman–Crippen MR) is 88.5 cm³/mol. The Kier molecular flexibility index (Phi) is 4.99. The van der Waals surface area contributed by atoms with Crippen molar-refractivity contribution in [1.29, 1.82) is 0 Å². The number of rotatable bonds is 5. The minimum atomic E-state index is -3.29. The summed E-state index contributed by atoms with van der Waals surface area (Å²) in [6, 6.07) is 11.4. The van der Waals surface area contributed by atoms with Gasteiger partial charge in [0.05, 0.1) is 15.9 Å². The highest BCUT2D eigenvalue weighted by Crippen LogP contribution is 2.20. The number of carbonyl (C=O) groups is 1. The molecule has 0 aliphatic carbocycles. The first-order chi connectivity index (χ1) is 11.2. The van der Waals surface area contributed by atoms with Gasteiger partial charge in [0.1, 0.15) is 5.56 Å². The lowest BCUT2D eigenvalue weighted by Crippen LogP contribution is -2.27. The van der Waals surface area contributed by atoms with Crippen molar-refractivity contribution in [2.24, 2.45) is 0 Å². The summed E-state index contributed by atoms with van der Waals surface area (Å²) in [6.07, 6.45) is 1.11. The van der Waals surface area contributed by atoms with Crippen LogP contribution in [0.25, 0.3) is 0 Å². The third-order valence-corrected chi connectivity index (χ3v) is 4.63. The van der Waals surface area contributed by atoms with Gasteiger partial charge >= 0.3 is 0 Å². The van der Waals surface area contributed by atoms with Crippen LogP contribution in [-0.4, -0.2) is 25.5 Å². The third kappa shape index (κ3) is 3.96. The molecule has 2 aromatic rings. The van der Waals surface area contributed by atoms with E-state index in [2.05, 4.69) is 5.32 Å². The third-order valence-electron chi connectivity index (χ3n) is 3.50. The summed E-state index contributed by atoms with van der Waals surface area (Å²) in [4.78, 5) is 22.8. The van der Waals surface area contributed by atoms with Crippen LogP contribution >= 0.6 is 0 Å². The number of nitro benzene ring substituents is 1. The van der Waals surface area contributed by atoms with Crippen LogP contribution in [0.1, 0.15) is 28.9 Å². The highest BCUT2D eigenvalue weighted by Gasteiger charge is 2.21. The smallest absolute Gasteiger partial charge is 0.282 e. The second-order valence-corrected chi connectivity index (χ2v) is 7.33. The standard InChI is InChI=1S/C16H16N2O5S/c1-11(12-7-9-13(10-8-12)24(2,22)23)17-16(19)14-5-3-4-6-15(14)18(20)21/h3-11H,1-2H3,(H,17,19). The first kappa shape index (κ1) is 17.6. The number of nitrogens with one attached hydrogen (secondary N) is 1. The summed E-state index contributed by atoms with van der Waals surface area (Å²) in [5, 5.41) is 13.7. The Morgan fingerprint density at radius 3 is 2.25 bits per heavy atom. The average Bonchev–Trinajstić information content (AvgIpc) is 2.54. The minimum Gasteiger partial charge on any atom is -0.345 e. The Labute approximate surface area is 139 Å². The number of amides is 1. The number of para-hydroxylation sites is 1. The van der Waals surface area contributed by atoms with Crippen molar-refractivity contribution in [3.63, 3.8) is 0 Å². The van der Waals surface area contributed by atoms with E-state index in [1.54, 1.807) is 25.1 Å². The van der Waals surface area contributed by atoms with E-state index in [4.69, 9.17) is 0 Å². The lowest BCUT2D eigenvalue weighted by molar-refractivity contribution is -0.385. The Hall–Kier alpha value is -2.74. The van der Waals surface area contributed by atoms with Crippen molar-refractivity contribution < 1.29 is 18.1 Å². The van der Waals surface area contributed by atoms with Gasteiger partial charge in [-0.1, -0.05) is 24.3 Å². The van der Waals surface area contributed by atoms with E-state index in [0.717, 1.165) is 6.26 Å². The SMILES string of the molecule is CC(NC(=O)c1ccccc1[N+](=O)[O-])c1ccc(S(C)(=O)=O)cc1. The van der Waals surface area contributed by atoms with Gasteiger partial charge in [0.2, 0.25) is 0 Å². The molecule has 0 saturated heterocycles. The molecule has 0 aliphatic rings. The molecule has 7 nitrogen and oxygen atoms in total. The van der Waals surface area contributed by atoms with E-state index < -0.39 is 26.7 Å². The fourth-order valence-electron chi connectivity index (χ4n) is 2.19. The Bertz CT molecular complexity index is 876. The molecule has 0 radical (unpaired) electrons. The van der Waals surface area contributed by atoms with Crippen molar-refractivity contribution in [2.75, 3.05) is 6.26 Å². The van der Waals surface area contributed by atoms with Crippen molar-refractivity contribution in [1.82, 2.24) is 5.32 Å². The predicted octanol–water partition coefficient (Wildman–Crippen LogP) is 2.49. The second-order valence-electron chi connectivity index (χ2n) is 5.31. The number of hydrogen-bond acceptors (Lipinski definition) is 5. The molecular weight excluding hydrogens is 332 g/mol. The summed E-state index contributed by atoms with van der Waals surface area (Å²) < 4.78 is 22.9. The summed E-state index contributed by atoms with van der Waals surface area (Å²) in [5.74, 6) is -0.568. The monoisotopic (exact) mass is 348 g/mol. The van der Waals surface area contributed by atoms with Crippen molar-refractivity contribution in [2.45, 2.75) is 17.9 Å². The summed E-state index contributed by atoms with van der Waals surface area (Å²) in [5.41, 5.74) is 0.395. The number of hydrogen-bond donors (Lipinski definition) is 1. The van der Waals surface area contributed by atoms with Crippen LogP contribution in [0.5, 0.6) is 0 Å². The number of sulfone groups is 1. The highest BCUT2D eigenvalue weighted by molar-refractivity contribution is 7.90. The fourth-order valence-corrected chi connectivity index (χ4v) is 2.82. The zero-order chi connectivity index (χ0) is 17.9. The molecule has 1 amide bonds. The molecule has 126 valence electrons. The van der Waals surface area contributed by atoms with Crippen LogP contribution in [-0.2, 0) is 9.84 Å². The maximum absolute atomic E-state index is 12.3. The molecule has 0 spiro atoms. The molecule has 2 aromatic carbocycles.